The van der Waals surface area contributed by atoms with E-state index < -0.39 is 0 Å². The van der Waals surface area contributed by atoms with E-state index in [0.29, 0.717) is 36.8 Å². The molecule has 2 aromatic heterocycles. The van der Waals surface area contributed by atoms with Gasteiger partial charge in [0.2, 0.25) is 0 Å². The van der Waals surface area contributed by atoms with Crippen LogP contribution in [0.1, 0.15) is 18.4 Å². The van der Waals surface area contributed by atoms with Crippen molar-refractivity contribution in [2.75, 3.05) is 56.0 Å². The number of hydrogen-bond donors (Lipinski definition) is 3. The van der Waals surface area contributed by atoms with Crippen molar-refractivity contribution in [3.05, 3.63) is 36.2 Å². The molecule has 2 aliphatic heterocycles. The maximum Gasteiger partial charge on any atom is 0.328 e. The molecular weight excluding hydrogens is 462 g/mol. The van der Waals surface area contributed by atoms with Crippen LogP contribution in [0.25, 0.3) is 11.2 Å². The molecule has 3 aliphatic rings. The molecule has 11 nitrogen and oxygen atoms in total. The van der Waals surface area contributed by atoms with Crippen molar-refractivity contribution in [2.24, 2.45) is 0 Å². The predicted molar refractivity (Wildman–Crippen MR) is 136 cm³/mol. The third-order valence-electron chi connectivity index (χ3n) is 7.08. The van der Waals surface area contributed by atoms with E-state index in [1.165, 1.54) is 10.9 Å². The van der Waals surface area contributed by atoms with Gasteiger partial charge in [-0.2, -0.15) is 0 Å². The lowest BCUT2D eigenvalue weighted by atomic mass is 9.89. The van der Waals surface area contributed by atoms with E-state index >= 15 is 0 Å². The maximum absolute atomic E-state index is 13.1. The first-order valence-corrected chi connectivity index (χ1v) is 12.4. The number of nitrogens with zero attached hydrogens (tertiary/aromatic N) is 4. The Morgan fingerprint density at radius 2 is 2.14 bits per heavy atom. The summed E-state index contributed by atoms with van der Waals surface area (Å²) in [4.78, 5) is 24.6. The van der Waals surface area contributed by atoms with Crippen LogP contribution in [0, 0.1) is 0 Å². The van der Waals surface area contributed by atoms with Gasteiger partial charge >= 0.3 is 6.03 Å². The summed E-state index contributed by atoms with van der Waals surface area (Å²) in [6, 6.07) is 7.99. The summed E-state index contributed by atoms with van der Waals surface area (Å²) in [6.07, 6.45) is 3.31. The van der Waals surface area contributed by atoms with Crippen LogP contribution in [0.2, 0.25) is 0 Å². The Balaban J connectivity index is 1.41. The number of methoxy groups -OCH3 is 1. The molecule has 1 amide bonds. The lowest BCUT2D eigenvalue weighted by molar-refractivity contribution is -0.0323. The molecule has 4 heterocycles. The molecule has 0 radical (unpaired) electrons. The second-order valence-electron chi connectivity index (χ2n) is 9.48. The van der Waals surface area contributed by atoms with Gasteiger partial charge in [-0.1, -0.05) is 0 Å². The number of rotatable bonds is 4. The maximum atomic E-state index is 13.1. The van der Waals surface area contributed by atoms with Crippen LogP contribution in [0.15, 0.2) is 30.6 Å². The van der Waals surface area contributed by atoms with Crippen LogP contribution < -0.4 is 20.9 Å². The van der Waals surface area contributed by atoms with E-state index in [2.05, 4.69) is 44.0 Å². The zero-order valence-electron chi connectivity index (χ0n) is 20.5. The Labute approximate surface area is 209 Å². The molecule has 11 heteroatoms. The number of fused-ring (bicyclic) bond motifs is 4. The summed E-state index contributed by atoms with van der Waals surface area (Å²) in [5.41, 5.74) is 4.96. The van der Waals surface area contributed by atoms with Gasteiger partial charge in [0.05, 0.1) is 43.8 Å². The summed E-state index contributed by atoms with van der Waals surface area (Å²) < 4.78 is 18.9. The van der Waals surface area contributed by atoms with Crippen LogP contribution in [0.3, 0.4) is 0 Å². The average molecular weight is 494 g/mol. The molecule has 1 aliphatic carbocycles. The molecule has 3 atom stereocenters. The third kappa shape index (κ3) is 4.34. The Bertz CT molecular complexity index is 1280. The van der Waals surface area contributed by atoms with E-state index in [0.717, 1.165) is 48.6 Å². The SMILES string of the molecule is CNc1cc2nc3c1ncn3C(=O)N[C@@H]1CC[C@H]1OCc1cc(cc(N3CCO[C@@H](COC)C3)c1)N2. The van der Waals surface area contributed by atoms with Gasteiger partial charge in [-0.25, -0.2) is 19.3 Å². The van der Waals surface area contributed by atoms with Gasteiger partial charge < -0.3 is 35.1 Å². The van der Waals surface area contributed by atoms with Crippen LogP contribution in [-0.4, -0.2) is 79.3 Å². The highest BCUT2D eigenvalue weighted by atomic mass is 16.5. The van der Waals surface area contributed by atoms with Crippen LogP contribution in [0.5, 0.6) is 0 Å². The van der Waals surface area contributed by atoms with Crippen molar-refractivity contribution in [3.8, 4) is 0 Å². The third-order valence-corrected chi connectivity index (χ3v) is 7.08. The van der Waals surface area contributed by atoms with Crippen LogP contribution >= 0.6 is 0 Å². The van der Waals surface area contributed by atoms with Crippen molar-refractivity contribution in [1.29, 1.82) is 0 Å². The fourth-order valence-corrected chi connectivity index (χ4v) is 5.06. The minimum absolute atomic E-state index is 0.0276. The minimum Gasteiger partial charge on any atom is -0.386 e. The summed E-state index contributed by atoms with van der Waals surface area (Å²) in [5, 5.41) is 9.72. The molecule has 1 saturated heterocycles. The fourth-order valence-electron chi connectivity index (χ4n) is 5.06. The zero-order valence-corrected chi connectivity index (χ0v) is 20.5. The van der Waals surface area contributed by atoms with Crippen LogP contribution in [0.4, 0.5) is 27.7 Å². The predicted octanol–water partition coefficient (Wildman–Crippen LogP) is 2.69. The van der Waals surface area contributed by atoms with E-state index in [9.17, 15) is 4.79 Å². The number of hydrogen-bond acceptors (Lipinski definition) is 9. The summed E-state index contributed by atoms with van der Waals surface area (Å²) in [5.74, 6) is 0.614. The highest BCUT2D eigenvalue weighted by Gasteiger charge is 2.34. The molecule has 1 aromatic carbocycles. The molecule has 190 valence electrons. The van der Waals surface area contributed by atoms with Crippen molar-refractivity contribution in [2.45, 2.75) is 37.7 Å². The number of nitrogens with one attached hydrogen (secondary N) is 3. The van der Waals surface area contributed by atoms with E-state index in [-0.39, 0.29) is 24.3 Å². The number of aromatic nitrogens is 3. The molecule has 36 heavy (non-hydrogen) atoms. The number of amides is 1. The Kier molecular flexibility index (Phi) is 6.12. The summed E-state index contributed by atoms with van der Waals surface area (Å²) in [6.45, 7) is 3.21. The summed E-state index contributed by atoms with van der Waals surface area (Å²) in [7, 11) is 3.53. The Morgan fingerprint density at radius 3 is 2.94 bits per heavy atom. The molecule has 3 aromatic rings. The minimum atomic E-state index is -0.252. The summed E-state index contributed by atoms with van der Waals surface area (Å²) >= 11 is 0. The molecule has 3 N–H and O–H groups in total. The largest absolute Gasteiger partial charge is 0.386 e. The molecule has 4 bridgehead atoms. The number of anilines is 4. The Morgan fingerprint density at radius 1 is 1.22 bits per heavy atom. The topological polar surface area (TPSA) is 115 Å². The second-order valence-corrected chi connectivity index (χ2v) is 9.48. The highest BCUT2D eigenvalue weighted by Crippen LogP contribution is 2.32. The number of imidazole rings is 1. The molecule has 1 saturated carbocycles. The molecule has 6 rings (SSSR count). The Hall–Kier alpha value is -3.41. The van der Waals surface area contributed by atoms with Gasteiger partial charge in [0.15, 0.2) is 5.65 Å². The van der Waals surface area contributed by atoms with Gasteiger partial charge in [-0.3, -0.25) is 0 Å². The number of morpholine rings is 1. The van der Waals surface area contributed by atoms with E-state index in [4.69, 9.17) is 19.2 Å². The van der Waals surface area contributed by atoms with Crippen molar-refractivity contribution in [1.82, 2.24) is 19.9 Å². The van der Waals surface area contributed by atoms with E-state index in [1.54, 1.807) is 7.11 Å². The number of carbonyl (C=O) groups is 1. The zero-order chi connectivity index (χ0) is 24.6. The van der Waals surface area contributed by atoms with Crippen molar-refractivity contribution < 1.29 is 19.0 Å². The van der Waals surface area contributed by atoms with Gasteiger partial charge in [-0.15, -0.1) is 0 Å². The number of ether oxygens (including phenoxy) is 3. The lowest BCUT2D eigenvalue weighted by Crippen LogP contribution is -2.52. The van der Waals surface area contributed by atoms with E-state index in [1.807, 2.05) is 13.1 Å². The van der Waals surface area contributed by atoms with Gasteiger partial charge in [0, 0.05) is 44.7 Å². The smallest absolute Gasteiger partial charge is 0.328 e. The second kappa shape index (κ2) is 9.57. The standard InChI is InChI=1S/C25H31N7O4/c1-26-20-10-22-28-16-7-15(8-17(9-16)31-5-6-35-18(11-31)13-34-2)12-36-21-4-3-19(21)29-25(33)32-14-27-23(20)24(32)30-22/h7-10,14,18-19,21H,3-6,11-13H2,1-2H3,(H,29,33)(H2,26,28,30)/t18-,19-,21-/m1/s1. The first-order chi connectivity index (χ1) is 17.6. The first-order valence-electron chi connectivity index (χ1n) is 12.4. The average Bonchev–Trinajstić information content (AvgIpc) is 3.30. The number of carbonyl (C=O) groups excluding carboxylic acids is 1. The highest BCUT2D eigenvalue weighted by molar-refractivity contribution is 5.94. The number of pyridine rings is 1. The lowest BCUT2D eigenvalue weighted by Gasteiger charge is -2.37. The molecular formula is C25H31N7O4. The van der Waals surface area contributed by atoms with Crippen LogP contribution in [-0.2, 0) is 20.8 Å². The molecule has 2 fully saturated rings. The normalized spacial score (nSPS) is 23.9. The van der Waals surface area contributed by atoms with Crippen molar-refractivity contribution >= 4 is 40.1 Å². The number of benzene rings is 1. The first kappa shape index (κ1) is 23.0. The molecule has 0 spiro atoms. The van der Waals surface area contributed by atoms with Crippen molar-refractivity contribution in [3.63, 3.8) is 0 Å². The van der Waals surface area contributed by atoms with Gasteiger partial charge in [0.1, 0.15) is 17.7 Å². The van der Waals surface area contributed by atoms with Gasteiger partial charge in [-0.05, 0) is 36.6 Å². The molecule has 0 unspecified atom stereocenters. The monoisotopic (exact) mass is 493 g/mol. The quantitative estimate of drug-likeness (QED) is 0.505. The fraction of sp³-hybridized carbons (Fsp3) is 0.480. The van der Waals surface area contributed by atoms with Gasteiger partial charge in [0.25, 0.3) is 0 Å².